The molecule has 2 aliphatic rings. The zero-order chi connectivity index (χ0) is 11.4. The maximum absolute atomic E-state index is 11.3. The van der Waals surface area contributed by atoms with Crippen molar-refractivity contribution in [3.8, 4) is 0 Å². The number of aliphatic imine (C=N–C) groups is 1. The summed E-state index contributed by atoms with van der Waals surface area (Å²) in [5.41, 5.74) is 0. The summed E-state index contributed by atoms with van der Waals surface area (Å²) in [6.45, 7) is 4.08. The fraction of sp³-hybridized carbons (Fsp3) is 0.818. The molecular weight excluding hydrogens is 222 g/mol. The molecule has 1 heterocycles. The molecule has 0 aromatic heterocycles. The van der Waals surface area contributed by atoms with E-state index in [1.807, 2.05) is 6.92 Å². The van der Waals surface area contributed by atoms with Crippen molar-refractivity contribution in [3.63, 3.8) is 0 Å². The molecule has 0 aromatic carbocycles. The van der Waals surface area contributed by atoms with Crippen LogP contribution in [0.15, 0.2) is 4.99 Å². The van der Waals surface area contributed by atoms with Gasteiger partial charge < -0.3 is 10.6 Å². The number of amides is 1. The molecule has 1 atom stereocenters. The van der Waals surface area contributed by atoms with Gasteiger partial charge in [0.25, 0.3) is 0 Å². The molecule has 90 valence electrons. The van der Waals surface area contributed by atoms with E-state index in [2.05, 4.69) is 15.6 Å². The highest BCUT2D eigenvalue weighted by Crippen LogP contribution is 2.41. The molecule has 1 aliphatic carbocycles. The van der Waals surface area contributed by atoms with Gasteiger partial charge in [-0.3, -0.25) is 9.79 Å². The molecule has 2 N–H and O–H groups in total. The maximum atomic E-state index is 11.3. The van der Waals surface area contributed by atoms with Crippen LogP contribution in [0.3, 0.4) is 0 Å². The Morgan fingerprint density at radius 2 is 2.38 bits per heavy atom. The summed E-state index contributed by atoms with van der Waals surface area (Å²) < 4.78 is 0. The van der Waals surface area contributed by atoms with Crippen LogP contribution in [0.4, 0.5) is 0 Å². The third-order valence-electron chi connectivity index (χ3n) is 2.80. The number of nitrogens with zero attached hydrogens (tertiary/aromatic N) is 1. The molecule has 1 unspecified atom stereocenters. The first kappa shape index (κ1) is 11.8. The molecule has 0 spiro atoms. The minimum Gasteiger partial charge on any atom is -0.356 e. The fourth-order valence-electron chi connectivity index (χ4n) is 1.68. The van der Waals surface area contributed by atoms with E-state index < -0.39 is 0 Å². The summed E-state index contributed by atoms with van der Waals surface area (Å²) in [6.07, 6.45) is 3.69. The normalized spacial score (nSPS) is 24.1. The van der Waals surface area contributed by atoms with Crippen molar-refractivity contribution in [2.45, 2.75) is 31.4 Å². The van der Waals surface area contributed by atoms with Gasteiger partial charge >= 0.3 is 0 Å². The molecule has 4 nitrogen and oxygen atoms in total. The molecule has 1 fully saturated rings. The summed E-state index contributed by atoms with van der Waals surface area (Å²) in [5.74, 6) is 0.932. The highest BCUT2D eigenvalue weighted by atomic mass is 32.2. The lowest BCUT2D eigenvalue weighted by Crippen LogP contribution is -2.36. The number of amidine groups is 1. The van der Waals surface area contributed by atoms with Gasteiger partial charge in [-0.15, -0.1) is 0 Å². The van der Waals surface area contributed by atoms with Crippen molar-refractivity contribution in [1.29, 1.82) is 0 Å². The Morgan fingerprint density at radius 1 is 1.56 bits per heavy atom. The second kappa shape index (κ2) is 5.57. The third-order valence-corrected chi connectivity index (χ3v) is 4.13. The summed E-state index contributed by atoms with van der Waals surface area (Å²) >= 11 is 1.81. The minimum absolute atomic E-state index is 0.0556. The van der Waals surface area contributed by atoms with E-state index in [-0.39, 0.29) is 5.91 Å². The second-order valence-electron chi connectivity index (χ2n) is 4.34. The Bertz CT molecular complexity index is 289. The Hall–Kier alpha value is -0.710. The summed E-state index contributed by atoms with van der Waals surface area (Å²) in [6, 6.07) is 0. The van der Waals surface area contributed by atoms with Gasteiger partial charge in [0, 0.05) is 11.8 Å². The van der Waals surface area contributed by atoms with Gasteiger partial charge in [-0.05, 0) is 25.2 Å². The quantitative estimate of drug-likeness (QED) is 0.754. The molecule has 1 saturated carbocycles. The van der Waals surface area contributed by atoms with Crippen molar-refractivity contribution in [2.24, 2.45) is 10.9 Å². The number of carbonyl (C=O) groups excluding carboxylic acids is 1. The van der Waals surface area contributed by atoms with Gasteiger partial charge in [-0.25, -0.2) is 0 Å². The first-order chi connectivity index (χ1) is 7.79. The maximum Gasteiger partial charge on any atom is 0.239 e. The predicted octanol–water partition coefficient (Wildman–Crippen LogP) is 0.984. The molecule has 0 aromatic rings. The standard InChI is InChI=1S/C11H19N3OS/c1-2-5-12-10(15)7-14-11-13-6-9(16-11)8-3-4-8/h8-9H,2-7H2,1H3,(H,12,15)(H,13,14). The highest BCUT2D eigenvalue weighted by molar-refractivity contribution is 8.14. The van der Waals surface area contributed by atoms with E-state index in [1.54, 1.807) is 11.8 Å². The van der Waals surface area contributed by atoms with Crippen LogP contribution in [-0.4, -0.2) is 36.0 Å². The van der Waals surface area contributed by atoms with Gasteiger partial charge in [-0.1, -0.05) is 18.7 Å². The highest BCUT2D eigenvalue weighted by Gasteiger charge is 2.35. The summed E-state index contributed by atoms with van der Waals surface area (Å²) in [7, 11) is 0. The largest absolute Gasteiger partial charge is 0.356 e. The predicted molar refractivity (Wildman–Crippen MR) is 67.7 cm³/mol. The van der Waals surface area contributed by atoms with E-state index in [0.29, 0.717) is 11.8 Å². The minimum atomic E-state index is 0.0556. The zero-order valence-electron chi connectivity index (χ0n) is 9.66. The van der Waals surface area contributed by atoms with Crippen molar-refractivity contribution in [3.05, 3.63) is 0 Å². The average molecular weight is 241 g/mol. The average Bonchev–Trinajstić information content (AvgIpc) is 3.03. The first-order valence-electron chi connectivity index (χ1n) is 6.01. The third kappa shape index (κ3) is 3.40. The Morgan fingerprint density at radius 3 is 3.06 bits per heavy atom. The van der Waals surface area contributed by atoms with Gasteiger partial charge in [0.15, 0.2) is 5.17 Å². The van der Waals surface area contributed by atoms with Gasteiger partial charge in [0.1, 0.15) is 0 Å². The second-order valence-corrected chi connectivity index (χ2v) is 5.57. The van der Waals surface area contributed by atoms with Crippen molar-refractivity contribution in [1.82, 2.24) is 10.6 Å². The van der Waals surface area contributed by atoms with Crippen molar-refractivity contribution < 1.29 is 4.79 Å². The molecule has 16 heavy (non-hydrogen) atoms. The number of hydrogen-bond acceptors (Lipinski definition) is 4. The monoisotopic (exact) mass is 241 g/mol. The van der Waals surface area contributed by atoms with E-state index in [9.17, 15) is 4.79 Å². The van der Waals surface area contributed by atoms with E-state index in [4.69, 9.17) is 0 Å². The van der Waals surface area contributed by atoms with Gasteiger partial charge in [0.2, 0.25) is 5.91 Å². The van der Waals surface area contributed by atoms with Crippen LogP contribution in [0.2, 0.25) is 0 Å². The Kier molecular flexibility index (Phi) is 4.09. The molecule has 1 aliphatic heterocycles. The number of thioether (sulfide) groups is 1. The molecule has 1 amide bonds. The molecular formula is C11H19N3OS. The fourth-order valence-corrected chi connectivity index (χ4v) is 2.89. The van der Waals surface area contributed by atoms with Crippen molar-refractivity contribution in [2.75, 3.05) is 19.6 Å². The van der Waals surface area contributed by atoms with Crippen LogP contribution in [0.5, 0.6) is 0 Å². The van der Waals surface area contributed by atoms with Crippen LogP contribution < -0.4 is 10.6 Å². The first-order valence-corrected chi connectivity index (χ1v) is 6.89. The lowest BCUT2D eigenvalue weighted by molar-refractivity contribution is -0.119. The van der Waals surface area contributed by atoms with Crippen molar-refractivity contribution >= 4 is 22.8 Å². The lowest BCUT2D eigenvalue weighted by atomic mass is 10.3. The number of hydrogen-bond donors (Lipinski definition) is 2. The summed E-state index contributed by atoms with van der Waals surface area (Å²) in [5, 5.41) is 7.56. The SMILES string of the molecule is CCCNC(=O)CNC1=NCC(C2CC2)S1. The van der Waals surface area contributed by atoms with Crippen LogP contribution in [0, 0.1) is 5.92 Å². The topological polar surface area (TPSA) is 53.5 Å². The molecule has 0 radical (unpaired) electrons. The molecule has 5 heteroatoms. The van der Waals surface area contributed by atoms with E-state index in [1.165, 1.54) is 12.8 Å². The number of rotatable bonds is 5. The summed E-state index contributed by atoms with van der Waals surface area (Å²) in [4.78, 5) is 15.8. The van der Waals surface area contributed by atoms with E-state index >= 15 is 0 Å². The molecule has 0 saturated heterocycles. The smallest absolute Gasteiger partial charge is 0.239 e. The zero-order valence-corrected chi connectivity index (χ0v) is 10.5. The number of carbonyl (C=O) groups is 1. The Balaban J connectivity index is 1.61. The van der Waals surface area contributed by atoms with Crippen LogP contribution in [0.1, 0.15) is 26.2 Å². The van der Waals surface area contributed by atoms with E-state index in [0.717, 1.165) is 30.6 Å². The lowest BCUT2D eigenvalue weighted by Gasteiger charge is -2.07. The van der Waals surface area contributed by atoms with Crippen LogP contribution >= 0.6 is 11.8 Å². The van der Waals surface area contributed by atoms with Crippen LogP contribution in [0.25, 0.3) is 0 Å². The molecule has 2 rings (SSSR count). The van der Waals surface area contributed by atoms with Crippen LogP contribution in [-0.2, 0) is 4.79 Å². The molecule has 0 bridgehead atoms. The van der Waals surface area contributed by atoms with Gasteiger partial charge in [0.05, 0.1) is 13.1 Å². The number of nitrogens with one attached hydrogen (secondary N) is 2. The van der Waals surface area contributed by atoms with Gasteiger partial charge in [-0.2, -0.15) is 0 Å². The Labute approximate surface area is 101 Å².